The summed E-state index contributed by atoms with van der Waals surface area (Å²) < 4.78 is 5.34. The zero-order valence-corrected chi connectivity index (χ0v) is 13.3. The fraction of sp³-hybridized carbons (Fsp3) is 0.857. The molecule has 0 aromatic carbocycles. The number of likely N-dealkylation sites (N-methyl/N-ethyl adjacent to an activating group) is 2. The molecule has 0 aliphatic carbocycles. The van der Waals surface area contributed by atoms with Crippen LogP contribution in [-0.4, -0.2) is 59.7 Å². The third kappa shape index (κ3) is 3.56. The molecule has 6 heteroatoms. The van der Waals surface area contributed by atoms with Gasteiger partial charge in [0, 0.05) is 32.1 Å². The average Bonchev–Trinajstić information content (AvgIpc) is 2.80. The van der Waals surface area contributed by atoms with Crippen molar-refractivity contribution in [1.82, 2.24) is 19.9 Å². The van der Waals surface area contributed by atoms with Gasteiger partial charge < -0.3 is 20.1 Å². The van der Waals surface area contributed by atoms with Crippen molar-refractivity contribution in [2.45, 2.75) is 39.3 Å². The Morgan fingerprint density at radius 3 is 2.70 bits per heavy atom. The van der Waals surface area contributed by atoms with E-state index in [1.165, 1.54) is 0 Å². The van der Waals surface area contributed by atoms with Crippen LogP contribution in [0.2, 0.25) is 0 Å². The molecule has 2 rings (SSSR count). The lowest BCUT2D eigenvalue weighted by molar-refractivity contribution is 0.113. The second-order valence-corrected chi connectivity index (χ2v) is 6.99. The molecule has 0 spiro atoms. The molecule has 2 atom stereocenters. The minimum atomic E-state index is -0.226. The molecule has 0 bridgehead atoms. The molecule has 1 saturated heterocycles. The van der Waals surface area contributed by atoms with Crippen LogP contribution < -0.4 is 5.73 Å². The van der Waals surface area contributed by atoms with Gasteiger partial charge in [0.25, 0.3) is 0 Å². The summed E-state index contributed by atoms with van der Waals surface area (Å²) in [4.78, 5) is 9.18. The standard InChI is InChI=1S/C14H27N5O/c1-14(2,3)12(15)13-16-11(17-20-13)8-10-9-18(4)6-7-19(10)5/h10,12H,6-9,15H2,1-5H3/t10?,12-/m1/s1. The highest BCUT2D eigenvalue weighted by Crippen LogP contribution is 2.29. The molecule has 1 aromatic rings. The van der Waals surface area contributed by atoms with E-state index in [-0.39, 0.29) is 11.5 Å². The summed E-state index contributed by atoms with van der Waals surface area (Å²) in [5.41, 5.74) is 6.08. The molecule has 2 N–H and O–H groups in total. The van der Waals surface area contributed by atoms with Gasteiger partial charge in [-0.3, -0.25) is 0 Å². The van der Waals surface area contributed by atoms with Crippen LogP contribution in [-0.2, 0) is 6.42 Å². The molecule has 0 radical (unpaired) electrons. The molecule has 1 unspecified atom stereocenters. The molecule has 0 amide bonds. The van der Waals surface area contributed by atoms with Gasteiger partial charge in [-0.1, -0.05) is 25.9 Å². The molecular weight excluding hydrogens is 254 g/mol. The van der Waals surface area contributed by atoms with Gasteiger partial charge in [0.2, 0.25) is 5.89 Å². The van der Waals surface area contributed by atoms with Crippen molar-refractivity contribution in [2.75, 3.05) is 33.7 Å². The monoisotopic (exact) mass is 281 g/mol. The summed E-state index contributed by atoms with van der Waals surface area (Å²) in [5, 5.41) is 4.09. The maximum Gasteiger partial charge on any atom is 0.244 e. The molecule has 1 aliphatic heterocycles. The van der Waals surface area contributed by atoms with Gasteiger partial charge in [-0.15, -0.1) is 0 Å². The largest absolute Gasteiger partial charge is 0.338 e. The lowest BCUT2D eigenvalue weighted by Crippen LogP contribution is -2.50. The Bertz CT molecular complexity index is 439. The molecular formula is C14H27N5O. The highest BCUT2D eigenvalue weighted by molar-refractivity contribution is 4.98. The first-order chi connectivity index (χ1) is 9.27. The molecule has 0 saturated carbocycles. The lowest BCUT2D eigenvalue weighted by Gasteiger charge is -2.37. The molecule has 20 heavy (non-hydrogen) atoms. The van der Waals surface area contributed by atoms with E-state index in [1.54, 1.807) is 0 Å². The van der Waals surface area contributed by atoms with Gasteiger partial charge in [0.05, 0.1) is 6.04 Å². The number of nitrogens with two attached hydrogens (primary N) is 1. The molecule has 2 heterocycles. The van der Waals surface area contributed by atoms with Crippen molar-refractivity contribution in [3.05, 3.63) is 11.7 Å². The molecule has 1 aliphatic rings. The molecule has 6 nitrogen and oxygen atoms in total. The first kappa shape index (κ1) is 15.4. The Morgan fingerprint density at radius 2 is 2.05 bits per heavy atom. The second-order valence-electron chi connectivity index (χ2n) is 6.99. The van der Waals surface area contributed by atoms with Crippen molar-refractivity contribution in [3.8, 4) is 0 Å². The minimum absolute atomic E-state index is 0.0777. The molecule has 114 valence electrons. The van der Waals surface area contributed by atoms with Gasteiger partial charge in [-0.05, 0) is 19.5 Å². The molecule has 1 aromatic heterocycles. The van der Waals surface area contributed by atoms with E-state index in [2.05, 4.69) is 54.8 Å². The summed E-state index contributed by atoms with van der Waals surface area (Å²) in [5.74, 6) is 1.30. The predicted octanol–water partition coefficient (Wildman–Crippen LogP) is 0.904. The van der Waals surface area contributed by atoms with E-state index in [0.717, 1.165) is 31.9 Å². The van der Waals surface area contributed by atoms with Gasteiger partial charge >= 0.3 is 0 Å². The Hall–Kier alpha value is -0.980. The highest BCUT2D eigenvalue weighted by Gasteiger charge is 2.29. The van der Waals surface area contributed by atoms with Gasteiger partial charge in [0.15, 0.2) is 5.82 Å². The van der Waals surface area contributed by atoms with E-state index >= 15 is 0 Å². The Morgan fingerprint density at radius 1 is 1.35 bits per heavy atom. The quantitative estimate of drug-likeness (QED) is 0.887. The maximum atomic E-state index is 6.15. The van der Waals surface area contributed by atoms with Crippen molar-refractivity contribution >= 4 is 0 Å². The van der Waals surface area contributed by atoms with Gasteiger partial charge in [-0.2, -0.15) is 4.98 Å². The van der Waals surface area contributed by atoms with E-state index in [4.69, 9.17) is 10.3 Å². The van der Waals surface area contributed by atoms with Crippen LogP contribution in [0.1, 0.15) is 38.5 Å². The topological polar surface area (TPSA) is 71.4 Å². The normalized spacial score (nSPS) is 24.0. The number of hydrogen-bond donors (Lipinski definition) is 1. The fourth-order valence-electron chi connectivity index (χ4n) is 2.38. The lowest BCUT2D eigenvalue weighted by atomic mass is 9.87. The predicted molar refractivity (Wildman–Crippen MR) is 78.3 cm³/mol. The summed E-state index contributed by atoms with van der Waals surface area (Å²) in [7, 11) is 4.30. The van der Waals surface area contributed by atoms with E-state index in [9.17, 15) is 0 Å². The van der Waals surface area contributed by atoms with Crippen molar-refractivity contribution < 1.29 is 4.52 Å². The molecule has 1 fully saturated rings. The SMILES string of the molecule is CN1CCN(C)C(Cc2noc([C@@H](N)C(C)(C)C)n2)C1. The zero-order chi connectivity index (χ0) is 14.9. The number of aromatic nitrogens is 2. The van der Waals surface area contributed by atoms with Crippen LogP contribution in [0.25, 0.3) is 0 Å². The summed E-state index contributed by atoms with van der Waals surface area (Å²) in [6.45, 7) is 9.45. The number of rotatable bonds is 3. The fourth-order valence-corrected chi connectivity index (χ4v) is 2.38. The first-order valence-electron chi connectivity index (χ1n) is 7.24. The van der Waals surface area contributed by atoms with E-state index < -0.39 is 0 Å². The highest BCUT2D eigenvalue weighted by atomic mass is 16.5. The number of piperazine rings is 1. The van der Waals surface area contributed by atoms with Gasteiger partial charge in [-0.25, -0.2) is 0 Å². The van der Waals surface area contributed by atoms with Crippen LogP contribution in [0, 0.1) is 5.41 Å². The van der Waals surface area contributed by atoms with Crippen LogP contribution in [0.4, 0.5) is 0 Å². The van der Waals surface area contributed by atoms with Gasteiger partial charge in [0.1, 0.15) is 0 Å². The smallest absolute Gasteiger partial charge is 0.244 e. The van der Waals surface area contributed by atoms with E-state index in [0.29, 0.717) is 11.9 Å². The van der Waals surface area contributed by atoms with E-state index in [1.807, 2.05) is 0 Å². The number of nitrogens with zero attached hydrogens (tertiary/aromatic N) is 4. The maximum absolute atomic E-state index is 6.15. The Kier molecular flexibility index (Phi) is 4.46. The summed E-state index contributed by atoms with van der Waals surface area (Å²) in [6, 6.07) is 0.209. The second kappa shape index (κ2) is 5.79. The zero-order valence-electron chi connectivity index (χ0n) is 13.3. The van der Waals surface area contributed by atoms with Crippen molar-refractivity contribution in [3.63, 3.8) is 0 Å². The van der Waals surface area contributed by atoms with Crippen LogP contribution in [0.3, 0.4) is 0 Å². The van der Waals surface area contributed by atoms with Crippen LogP contribution in [0.5, 0.6) is 0 Å². The minimum Gasteiger partial charge on any atom is -0.338 e. The third-order valence-corrected chi connectivity index (χ3v) is 4.08. The van der Waals surface area contributed by atoms with Crippen molar-refractivity contribution in [2.24, 2.45) is 11.1 Å². The Balaban J connectivity index is 2.02. The summed E-state index contributed by atoms with van der Waals surface area (Å²) in [6.07, 6.45) is 0.807. The first-order valence-corrected chi connectivity index (χ1v) is 7.24. The van der Waals surface area contributed by atoms with Crippen molar-refractivity contribution in [1.29, 1.82) is 0 Å². The third-order valence-electron chi connectivity index (χ3n) is 4.08. The Labute approximate surface area is 121 Å². The summed E-state index contributed by atoms with van der Waals surface area (Å²) >= 11 is 0. The number of hydrogen-bond acceptors (Lipinski definition) is 6. The van der Waals surface area contributed by atoms with Crippen LogP contribution in [0.15, 0.2) is 4.52 Å². The van der Waals surface area contributed by atoms with Crippen LogP contribution >= 0.6 is 0 Å². The average molecular weight is 281 g/mol.